The van der Waals surface area contributed by atoms with Crippen LogP contribution in [-0.4, -0.2) is 11.7 Å². The molecule has 0 heterocycles. The van der Waals surface area contributed by atoms with E-state index in [4.69, 9.17) is 5.84 Å². The van der Waals surface area contributed by atoms with E-state index >= 15 is 0 Å². The fourth-order valence-electron chi connectivity index (χ4n) is 1.32. The number of thioether (sulfide) groups is 1. The minimum atomic E-state index is -0.347. The average molecular weight is 240 g/mol. The van der Waals surface area contributed by atoms with E-state index in [-0.39, 0.29) is 5.97 Å². The molecule has 0 unspecified atom stereocenters. The lowest BCUT2D eigenvalue weighted by Gasteiger charge is -2.06. The van der Waals surface area contributed by atoms with Crippen LogP contribution < -0.4 is 11.4 Å². The highest BCUT2D eigenvalue weighted by Crippen LogP contribution is 2.23. The average Bonchev–Trinajstić information content (AvgIpc) is 2.22. The molecule has 0 fully saturated rings. The van der Waals surface area contributed by atoms with Gasteiger partial charge in [-0.1, -0.05) is 23.3 Å². The van der Waals surface area contributed by atoms with Crippen LogP contribution in [0.15, 0.2) is 23.1 Å². The Balaban J connectivity index is 2.40. The van der Waals surface area contributed by atoms with Gasteiger partial charge >= 0.3 is 5.97 Å². The van der Waals surface area contributed by atoms with Crippen LogP contribution in [0.25, 0.3) is 0 Å². The Morgan fingerprint density at radius 3 is 2.88 bits per heavy atom. The molecule has 88 valence electrons. The van der Waals surface area contributed by atoms with Crippen molar-refractivity contribution in [1.29, 1.82) is 0 Å². The topological polar surface area (TPSA) is 64.3 Å². The zero-order valence-electron chi connectivity index (χ0n) is 9.45. The van der Waals surface area contributed by atoms with Crippen molar-refractivity contribution in [3.05, 3.63) is 29.3 Å². The zero-order valence-corrected chi connectivity index (χ0v) is 10.3. The van der Waals surface area contributed by atoms with Crippen LogP contribution in [0.3, 0.4) is 0 Å². The van der Waals surface area contributed by atoms with Crippen LogP contribution in [0.5, 0.6) is 0 Å². The second-order valence-electron chi connectivity index (χ2n) is 3.46. The molecular weight excluding hydrogens is 224 g/mol. The maximum atomic E-state index is 11.0. The van der Waals surface area contributed by atoms with Gasteiger partial charge in [-0.05, 0) is 25.5 Å². The van der Waals surface area contributed by atoms with Crippen molar-refractivity contribution in [2.75, 3.05) is 5.75 Å². The van der Waals surface area contributed by atoms with Gasteiger partial charge in [0.05, 0.1) is 6.42 Å². The van der Waals surface area contributed by atoms with Crippen LogP contribution in [-0.2, 0) is 9.63 Å². The van der Waals surface area contributed by atoms with Crippen LogP contribution in [0.1, 0.15) is 17.5 Å². The molecule has 0 aliphatic heterocycles. The van der Waals surface area contributed by atoms with E-state index < -0.39 is 0 Å². The Hall–Kier alpha value is -1.04. The first kappa shape index (κ1) is 13.0. The highest BCUT2D eigenvalue weighted by atomic mass is 32.2. The van der Waals surface area contributed by atoms with Gasteiger partial charge in [0.2, 0.25) is 0 Å². The van der Waals surface area contributed by atoms with E-state index in [0.29, 0.717) is 12.2 Å². The van der Waals surface area contributed by atoms with Crippen LogP contribution in [0.4, 0.5) is 0 Å². The summed E-state index contributed by atoms with van der Waals surface area (Å²) in [5.41, 5.74) is 4.35. The number of hydrazine groups is 1. The van der Waals surface area contributed by atoms with Crippen molar-refractivity contribution >= 4 is 17.7 Å². The molecule has 0 aliphatic carbocycles. The summed E-state index contributed by atoms with van der Waals surface area (Å²) in [6.45, 7) is 4.13. The Morgan fingerprint density at radius 1 is 1.50 bits per heavy atom. The largest absolute Gasteiger partial charge is 0.356 e. The van der Waals surface area contributed by atoms with Crippen molar-refractivity contribution in [1.82, 2.24) is 5.59 Å². The number of rotatable bonds is 5. The normalized spacial score (nSPS) is 10.2. The van der Waals surface area contributed by atoms with E-state index in [1.54, 1.807) is 11.8 Å². The second-order valence-corrected chi connectivity index (χ2v) is 4.60. The van der Waals surface area contributed by atoms with Gasteiger partial charge in [-0.3, -0.25) is 4.79 Å². The summed E-state index contributed by atoms with van der Waals surface area (Å²) in [6.07, 6.45) is 0.335. The molecule has 16 heavy (non-hydrogen) atoms. The van der Waals surface area contributed by atoms with Crippen molar-refractivity contribution in [3.8, 4) is 0 Å². The van der Waals surface area contributed by atoms with Gasteiger partial charge < -0.3 is 4.84 Å². The summed E-state index contributed by atoms with van der Waals surface area (Å²) in [7, 11) is 0. The number of hydrogen-bond acceptors (Lipinski definition) is 5. The molecule has 0 atom stereocenters. The third-order valence-electron chi connectivity index (χ3n) is 2.07. The van der Waals surface area contributed by atoms with Crippen LogP contribution >= 0.6 is 11.8 Å². The molecule has 1 aromatic carbocycles. The maximum Gasteiger partial charge on any atom is 0.327 e. The minimum Gasteiger partial charge on any atom is -0.356 e. The molecule has 5 heteroatoms. The third kappa shape index (κ3) is 4.22. The number of hydrogen-bond donors (Lipinski definition) is 2. The maximum absolute atomic E-state index is 11.0. The van der Waals surface area contributed by atoms with Gasteiger partial charge in [0.15, 0.2) is 0 Å². The van der Waals surface area contributed by atoms with Gasteiger partial charge in [-0.25, -0.2) is 5.84 Å². The molecule has 0 aromatic heterocycles. The molecule has 0 spiro atoms. The molecule has 3 N–H and O–H groups in total. The summed E-state index contributed by atoms with van der Waals surface area (Å²) in [6, 6.07) is 6.26. The lowest BCUT2D eigenvalue weighted by Crippen LogP contribution is -2.26. The summed E-state index contributed by atoms with van der Waals surface area (Å²) in [4.78, 5) is 16.6. The van der Waals surface area contributed by atoms with Crippen molar-refractivity contribution in [2.24, 2.45) is 5.84 Å². The molecule has 0 saturated carbocycles. The van der Waals surface area contributed by atoms with Gasteiger partial charge in [-0.2, -0.15) is 0 Å². The van der Waals surface area contributed by atoms with Gasteiger partial charge in [0, 0.05) is 10.6 Å². The smallest absolute Gasteiger partial charge is 0.327 e. The number of aryl methyl sites for hydroxylation is 2. The standard InChI is InChI=1S/C11H16N2O2S/c1-8-3-4-10(9(2)7-8)16-6-5-11(14)15-13-12/h3-4,7,13H,5-6,12H2,1-2H3. The quantitative estimate of drug-likeness (QED) is 0.466. The minimum absolute atomic E-state index is 0.335. The van der Waals surface area contributed by atoms with E-state index in [2.05, 4.69) is 36.9 Å². The molecule has 0 saturated heterocycles. The molecule has 4 nitrogen and oxygen atoms in total. The zero-order chi connectivity index (χ0) is 12.0. The molecule has 0 radical (unpaired) electrons. The number of carbonyl (C=O) groups is 1. The summed E-state index contributed by atoms with van der Waals surface area (Å²) in [5.74, 6) is 5.19. The second kappa shape index (κ2) is 6.52. The van der Waals surface area contributed by atoms with Gasteiger partial charge in [0.1, 0.15) is 0 Å². The van der Waals surface area contributed by atoms with E-state index in [0.717, 1.165) is 0 Å². The molecule has 1 aromatic rings. The molecule has 0 aliphatic rings. The fourth-order valence-corrected chi connectivity index (χ4v) is 2.26. The first-order chi connectivity index (χ1) is 7.63. The summed E-state index contributed by atoms with van der Waals surface area (Å²) in [5, 5.41) is 0. The predicted octanol–water partition coefficient (Wildman–Crippen LogP) is 1.71. The molecular formula is C11H16N2O2S. The Kier molecular flexibility index (Phi) is 5.31. The van der Waals surface area contributed by atoms with Crippen LogP contribution in [0.2, 0.25) is 0 Å². The van der Waals surface area contributed by atoms with Gasteiger partial charge in [0.25, 0.3) is 0 Å². The summed E-state index contributed by atoms with van der Waals surface area (Å²) >= 11 is 1.64. The van der Waals surface area contributed by atoms with Crippen molar-refractivity contribution in [3.63, 3.8) is 0 Å². The highest BCUT2D eigenvalue weighted by molar-refractivity contribution is 7.99. The highest BCUT2D eigenvalue weighted by Gasteiger charge is 2.04. The number of carbonyl (C=O) groups excluding carboxylic acids is 1. The Bertz CT molecular complexity index is 369. The molecule has 0 amide bonds. The Morgan fingerprint density at radius 2 is 2.25 bits per heavy atom. The first-order valence-electron chi connectivity index (χ1n) is 4.99. The van der Waals surface area contributed by atoms with Crippen LogP contribution in [0, 0.1) is 13.8 Å². The lowest BCUT2D eigenvalue weighted by molar-refractivity contribution is -0.150. The summed E-state index contributed by atoms with van der Waals surface area (Å²) < 4.78 is 0. The van der Waals surface area contributed by atoms with Crippen molar-refractivity contribution < 1.29 is 9.63 Å². The fraction of sp³-hybridized carbons (Fsp3) is 0.364. The monoisotopic (exact) mass is 240 g/mol. The first-order valence-corrected chi connectivity index (χ1v) is 5.97. The molecule has 1 rings (SSSR count). The van der Waals surface area contributed by atoms with Crippen molar-refractivity contribution in [2.45, 2.75) is 25.2 Å². The lowest BCUT2D eigenvalue weighted by atomic mass is 10.2. The number of nitrogens with two attached hydrogens (primary N) is 1. The number of benzene rings is 1. The van der Waals surface area contributed by atoms with E-state index in [1.807, 2.05) is 5.59 Å². The van der Waals surface area contributed by atoms with E-state index in [1.165, 1.54) is 16.0 Å². The third-order valence-corrected chi connectivity index (χ3v) is 3.24. The molecule has 0 bridgehead atoms. The van der Waals surface area contributed by atoms with Gasteiger partial charge in [-0.15, -0.1) is 11.8 Å². The SMILES string of the molecule is Cc1ccc(SCCC(=O)ONN)c(C)c1. The Labute approximate surface area is 99.5 Å². The number of nitrogens with one attached hydrogen (secondary N) is 1. The van der Waals surface area contributed by atoms with E-state index in [9.17, 15) is 4.79 Å². The predicted molar refractivity (Wildman–Crippen MR) is 64.7 cm³/mol.